The first kappa shape index (κ1) is 19.6. The van der Waals surface area contributed by atoms with Gasteiger partial charge in [-0.05, 0) is 36.8 Å². The predicted molar refractivity (Wildman–Crippen MR) is 96.1 cm³/mol. The van der Waals surface area contributed by atoms with Crippen LogP contribution in [0.5, 0.6) is 0 Å². The smallest absolute Gasteiger partial charge is 0.416 e. The second kappa shape index (κ2) is 8.24. The number of carbonyl (C=O) groups is 1. The fourth-order valence-corrected chi connectivity index (χ4v) is 2.65. The van der Waals surface area contributed by atoms with Gasteiger partial charge in [0.2, 0.25) is 17.7 Å². The lowest BCUT2D eigenvalue weighted by molar-refractivity contribution is -0.137. The molecule has 146 valence electrons. The van der Waals surface area contributed by atoms with E-state index >= 15 is 0 Å². The number of amides is 1. The van der Waals surface area contributed by atoms with E-state index in [-0.39, 0.29) is 18.7 Å². The van der Waals surface area contributed by atoms with Gasteiger partial charge in [-0.2, -0.15) is 13.2 Å². The zero-order valence-corrected chi connectivity index (χ0v) is 15.0. The fourth-order valence-electron chi connectivity index (χ4n) is 2.65. The molecule has 0 aliphatic rings. The van der Waals surface area contributed by atoms with E-state index < -0.39 is 17.8 Å². The third-order valence-electron chi connectivity index (χ3n) is 4.14. The molecule has 0 radical (unpaired) electrons. The Kier molecular flexibility index (Phi) is 5.77. The third kappa shape index (κ3) is 4.97. The van der Waals surface area contributed by atoms with Gasteiger partial charge >= 0.3 is 6.18 Å². The van der Waals surface area contributed by atoms with E-state index in [0.29, 0.717) is 17.3 Å². The maximum Gasteiger partial charge on any atom is 0.416 e. The fraction of sp³-hybridized carbons (Fsp3) is 0.250. The Balaban J connectivity index is 1.55. The molecular weight excluding hydrogens is 371 g/mol. The zero-order chi connectivity index (χ0) is 20.1. The topological polar surface area (TPSA) is 68.0 Å². The van der Waals surface area contributed by atoms with Gasteiger partial charge < -0.3 is 9.73 Å². The van der Waals surface area contributed by atoms with Crippen LogP contribution in [0.15, 0.2) is 59.0 Å². The Morgan fingerprint density at radius 3 is 2.57 bits per heavy atom. The summed E-state index contributed by atoms with van der Waals surface area (Å²) in [5.41, 5.74) is 0.418. The van der Waals surface area contributed by atoms with E-state index in [9.17, 15) is 18.0 Å². The van der Waals surface area contributed by atoms with Gasteiger partial charge in [0.25, 0.3) is 0 Å². The zero-order valence-electron chi connectivity index (χ0n) is 15.0. The van der Waals surface area contributed by atoms with Gasteiger partial charge in [-0.25, -0.2) is 0 Å². The molecule has 2 aromatic carbocycles. The molecule has 0 bridgehead atoms. The van der Waals surface area contributed by atoms with Crippen LogP contribution in [0.1, 0.15) is 36.4 Å². The van der Waals surface area contributed by atoms with Gasteiger partial charge in [0.15, 0.2) is 0 Å². The van der Waals surface area contributed by atoms with E-state index in [1.807, 2.05) is 30.3 Å². The first-order valence-corrected chi connectivity index (χ1v) is 8.67. The quantitative estimate of drug-likeness (QED) is 0.671. The number of carbonyl (C=O) groups excluding carboxylic acids is 1. The maximum absolute atomic E-state index is 12.8. The van der Waals surface area contributed by atoms with Crippen molar-refractivity contribution in [1.82, 2.24) is 15.5 Å². The standard InChI is InChI=1S/C20H18F3N3O2/c1-13(15-8-5-9-16(12-15)20(21,22)23)24-17(27)10-11-18-25-26-19(28-18)14-6-3-2-4-7-14/h2-9,12-13H,10-11H2,1H3,(H,24,27)/t13-/m1/s1. The van der Waals surface area contributed by atoms with E-state index in [1.165, 1.54) is 6.07 Å². The van der Waals surface area contributed by atoms with Gasteiger partial charge in [0, 0.05) is 18.4 Å². The molecule has 0 aliphatic carbocycles. The van der Waals surface area contributed by atoms with Crippen molar-refractivity contribution in [1.29, 1.82) is 0 Å². The summed E-state index contributed by atoms with van der Waals surface area (Å²) in [6, 6.07) is 13.6. The van der Waals surface area contributed by atoms with E-state index in [1.54, 1.807) is 13.0 Å². The number of hydrogen-bond acceptors (Lipinski definition) is 4. The SMILES string of the molecule is C[C@@H](NC(=O)CCc1nnc(-c2ccccc2)o1)c1cccc(C(F)(F)F)c1. The first-order valence-electron chi connectivity index (χ1n) is 8.67. The molecule has 1 N–H and O–H groups in total. The summed E-state index contributed by atoms with van der Waals surface area (Å²) in [6.07, 6.45) is -4.10. The van der Waals surface area contributed by atoms with Crippen molar-refractivity contribution in [3.05, 3.63) is 71.6 Å². The molecule has 0 saturated carbocycles. The molecule has 1 atom stereocenters. The van der Waals surface area contributed by atoms with Crippen molar-refractivity contribution >= 4 is 5.91 Å². The molecule has 0 saturated heterocycles. The van der Waals surface area contributed by atoms with E-state index in [4.69, 9.17) is 4.42 Å². The summed E-state index contributed by atoms with van der Waals surface area (Å²) >= 11 is 0. The minimum absolute atomic E-state index is 0.0831. The lowest BCUT2D eigenvalue weighted by Crippen LogP contribution is -2.27. The van der Waals surface area contributed by atoms with Crippen LogP contribution in [0.2, 0.25) is 0 Å². The van der Waals surface area contributed by atoms with Crippen LogP contribution in [0, 0.1) is 0 Å². The number of benzene rings is 2. The highest BCUT2D eigenvalue weighted by atomic mass is 19.4. The number of aryl methyl sites for hydroxylation is 1. The van der Waals surface area contributed by atoms with E-state index in [0.717, 1.165) is 17.7 Å². The van der Waals surface area contributed by atoms with Crippen LogP contribution in [-0.4, -0.2) is 16.1 Å². The number of aromatic nitrogens is 2. The number of alkyl halides is 3. The lowest BCUT2D eigenvalue weighted by atomic mass is 10.0. The molecule has 0 spiro atoms. The van der Waals surface area contributed by atoms with Crippen molar-refractivity contribution in [2.45, 2.75) is 32.0 Å². The van der Waals surface area contributed by atoms with Crippen LogP contribution in [0.3, 0.4) is 0 Å². The number of rotatable bonds is 6. The Hall–Kier alpha value is -3.16. The highest BCUT2D eigenvalue weighted by Crippen LogP contribution is 2.30. The summed E-state index contributed by atoms with van der Waals surface area (Å²) < 4.78 is 44.0. The minimum Gasteiger partial charge on any atom is -0.421 e. The molecule has 28 heavy (non-hydrogen) atoms. The van der Waals surface area contributed by atoms with Gasteiger partial charge in [-0.1, -0.05) is 30.3 Å². The molecule has 1 aromatic heterocycles. The maximum atomic E-state index is 12.8. The van der Waals surface area contributed by atoms with Crippen LogP contribution >= 0.6 is 0 Å². The van der Waals surface area contributed by atoms with Gasteiger partial charge in [0.05, 0.1) is 11.6 Å². The second-order valence-electron chi connectivity index (χ2n) is 6.28. The Labute approximate surface area is 159 Å². The van der Waals surface area contributed by atoms with Gasteiger partial charge in [-0.15, -0.1) is 10.2 Å². The normalized spacial score (nSPS) is 12.6. The summed E-state index contributed by atoms with van der Waals surface area (Å²) in [6.45, 7) is 1.63. The first-order chi connectivity index (χ1) is 13.3. The molecule has 0 unspecified atom stereocenters. The van der Waals surface area contributed by atoms with Crippen molar-refractivity contribution in [2.75, 3.05) is 0 Å². The van der Waals surface area contributed by atoms with Crippen LogP contribution < -0.4 is 5.32 Å². The Morgan fingerprint density at radius 2 is 1.86 bits per heavy atom. The Bertz CT molecular complexity index is 939. The average molecular weight is 389 g/mol. The number of nitrogens with one attached hydrogen (secondary N) is 1. The highest BCUT2D eigenvalue weighted by molar-refractivity contribution is 5.76. The number of nitrogens with zero attached hydrogens (tertiary/aromatic N) is 2. The summed E-state index contributed by atoms with van der Waals surface area (Å²) in [5.74, 6) is 0.374. The molecular formula is C20H18F3N3O2. The van der Waals surface area contributed by atoms with Crippen LogP contribution in [0.4, 0.5) is 13.2 Å². The largest absolute Gasteiger partial charge is 0.421 e. The molecule has 1 heterocycles. The summed E-state index contributed by atoms with van der Waals surface area (Å²) in [4.78, 5) is 12.1. The number of hydrogen-bond donors (Lipinski definition) is 1. The predicted octanol–water partition coefficient (Wildman–Crippen LogP) is 4.57. The molecule has 1 amide bonds. The monoisotopic (exact) mass is 389 g/mol. The summed E-state index contributed by atoms with van der Waals surface area (Å²) in [7, 11) is 0. The molecule has 5 nitrogen and oxygen atoms in total. The van der Waals surface area contributed by atoms with Crippen LogP contribution in [-0.2, 0) is 17.4 Å². The van der Waals surface area contributed by atoms with Crippen LogP contribution in [0.25, 0.3) is 11.5 Å². The van der Waals surface area contributed by atoms with E-state index in [2.05, 4.69) is 15.5 Å². The second-order valence-corrected chi connectivity index (χ2v) is 6.28. The van der Waals surface area contributed by atoms with Crippen molar-refractivity contribution in [2.24, 2.45) is 0 Å². The summed E-state index contributed by atoms with van der Waals surface area (Å²) in [5, 5.41) is 10.6. The van der Waals surface area contributed by atoms with Crippen molar-refractivity contribution < 1.29 is 22.4 Å². The minimum atomic E-state index is -4.42. The van der Waals surface area contributed by atoms with Gasteiger partial charge in [-0.3, -0.25) is 4.79 Å². The molecule has 3 rings (SSSR count). The molecule has 0 aliphatic heterocycles. The molecule has 8 heteroatoms. The Morgan fingerprint density at radius 1 is 1.11 bits per heavy atom. The highest BCUT2D eigenvalue weighted by Gasteiger charge is 2.30. The van der Waals surface area contributed by atoms with Gasteiger partial charge in [0.1, 0.15) is 0 Å². The molecule has 3 aromatic rings. The average Bonchev–Trinajstić information content (AvgIpc) is 3.15. The van der Waals surface area contributed by atoms with Crippen molar-refractivity contribution in [3.8, 4) is 11.5 Å². The molecule has 0 fully saturated rings. The third-order valence-corrected chi connectivity index (χ3v) is 4.14. The lowest BCUT2D eigenvalue weighted by Gasteiger charge is -2.16. The number of halogens is 3. The van der Waals surface area contributed by atoms with Crippen molar-refractivity contribution in [3.63, 3.8) is 0 Å².